The molecule has 0 radical (unpaired) electrons. The van der Waals surface area contributed by atoms with Crippen molar-refractivity contribution in [3.05, 3.63) is 47.8 Å². The van der Waals surface area contributed by atoms with Crippen LogP contribution in [0.5, 0.6) is 0 Å². The number of rotatable bonds is 5. The van der Waals surface area contributed by atoms with E-state index in [0.717, 1.165) is 12.8 Å². The molecule has 0 aliphatic carbocycles. The number of piperidine rings is 1. The number of carbonyl (C=O) groups is 2. The van der Waals surface area contributed by atoms with Crippen LogP contribution in [0.4, 0.5) is 10.2 Å². The van der Waals surface area contributed by atoms with Gasteiger partial charge >= 0.3 is 0 Å². The number of aliphatic hydroxyl groups is 1. The average molecular weight is 519 g/mol. The lowest BCUT2D eigenvalue weighted by Crippen LogP contribution is -2.47. The lowest BCUT2D eigenvalue weighted by Gasteiger charge is -2.39. The molecule has 0 spiro atoms. The van der Waals surface area contributed by atoms with Gasteiger partial charge in [-0.2, -0.15) is 14.7 Å². The van der Waals surface area contributed by atoms with Gasteiger partial charge in [-0.3, -0.25) is 19.3 Å². The van der Waals surface area contributed by atoms with Gasteiger partial charge in [0.15, 0.2) is 17.2 Å². The van der Waals surface area contributed by atoms with Gasteiger partial charge in [0.25, 0.3) is 0 Å². The molecular weight excluding hydrogens is 491 g/mol. The number of hydrogen-bond donors (Lipinski definition) is 2. The first-order valence-corrected chi connectivity index (χ1v) is 12.5. The largest absolute Gasteiger partial charge is 0.387 e. The third kappa shape index (κ3) is 3.74. The summed E-state index contributed by atoms with van der Waals surface area (Å²) in [4.78, 5) is 36.0. The first-order valence-electron chi connectivity index (χ1n) is 12.5. The van der Waals surface area contributed by atoms with Crippen molar-refractivity contribution in [1.29, 1.82) is 0 Å². The Bertz CT molecular complexity index is 1580. The summed E-state index contributed by atoms with van der Waals surface area (Å²) in [5.41, 5.74) is 9.31. The smallest absolute Gasteiger partial charge is 0.248 e. The Morgan fingerprint density at radius 1 is 1.21 bits per heavy atom. The first kappa shape index (κ1) is 24.2. The number of anilines is 1. The first-order chi connectivity index (χ1) is 18.3. The summed E-state index contributed by atoms with van der Waals surface area (Å²) in [6, 6.07) is 2.99. The van der Waals surface area contributed by atoms with Gasteiger partial charge in [0.1, 0.15) is 23.8 Å². The number of hydrogen-bond acceptors (Lipinski definition) is 8. The van der Waals surface area contributed by atoms with Crippen molar-refractivity contribution in [2.75, 3.05) is 12.3 Å². The summed E-state index contributed by atoms with van der Waals surface area (Å²) >= 11 is 0. The van der Waals surface area contributed by atoms with Gasteiger partial charge in [-0.25, -0.2) is 9.37 Å². The van der Waals surface area contributed by atoms with E-state index in [0.29, 0.717) is 46.6 Å². The van der Waals surface area contributed by atoms with Crippen LogP contribution >= 0.6 is 0 Å². The quantitative estimate of drug-likeness (QED) is 0.383. The molecular formula is C26H27FN8O3. The minimum atomic E-state index is -0.536. The predicted octanol–water partition coefficient (Wildman–Crippen LogP) is 2.34. The van der Waals surface area contributed by atoms with Crippen LogP contribution in [0.25, 0.3) is 28.2 Å². The maximum atomic E-state index is 15.1. The van der Waals surface area contributed by atoms with E-state index in [1.807, 2.05) is 0 Å². The minimum absolute atomic E-state index is 0.0284. The maximum Gasteiger partial charge on any atom is 0.248 e. The van der Waals surface area contributed by atoms with Gasteiger partial charge in [-0.15, -0.1) is 0 Å². The van der Waals surface area contributed by atoms with E-state index in [1.165, 1.54) is 23.7 Å². The van der Waals surface area contributed by atoms with Crippen molar-refractivity contribution < 1.29 is 19.1 Å². The molecule has 6 heterocycles. The summed E-state index contributed by atoms with van der Waals surface area (Å²) in [6.07, 6.45) is 7.70. The van der Waals surface area contributed by atoms with E-state index in [-0.39, 0.29) is 41.2 Å². The van der Waals surface area contributed by atoms with Crippen molar-refractivity contribution >= 4 is 23.2 Å². The number of halogens is 1. The fourth-order valence-corrected chi connectivity index (χ4v) is 6.10. The molecule has 1 unspecified atom stereocenters. The van der Waals surface area contributed by atoms with Gasteiger partial charge in [-0.1, -0.05) is 0 Å². The minimum Gasteiger partial charge on any atom is -0.387 e. The van der Waals surface area contributed by atoms with Crippen LogP contribution in [0.1, 0.15) is 54.6 Å². The van der Waals surface area contributed by atoms with Crippen LogP contribution in [-0.2, 0) is 11.8 Å². The zero-order chi connectivity index (χ0) is 26.7. The van der Waals surface area contributed by atoms with Crippen LogP contribution in [-0.4, -0.2) is 69.7 Å². The number of aliphatic hydroxyl groups excluding tert-OH is 1. The van der Waals surface area contributed by atoms with E-state index < -0.39 is 12.4 Å². The van der Waals surface area contributed by atoms with E-state index in [4.69, 9.17) is 10.7 Å². The van der Waals surface area contributed by atoms with E-state index in [2.05, 4.69) is 15.2 Å². The molecule has 2 saturated heterocycles. The number of pyridine rings is 1. The summed E-state index contributed by atoms with van der Waals surface area (Å²) in [5.74, 6) is -0.967. The standard InChI is InChI=1S/C26H27FN8O3/c1-13(37)22-23(14-7-16-3-4-17(8-14)34(16)21(38)12-36)31-26-18(11-30-35(26)25(22)28)15-9-19(27)24(29-10-15)20-5-6-33(2)32-20/h5-6,9-11,14,16-17,36H,3-4,7-8,12,28H2,1-2H3/t14?,16-,17+. The number of Topliss-reactive ketones (excluding diaryl/α,β-unsaturated/α-hetero) is 1. The Kier molecular flexibility index (Phi) is 5.71. The third-order valence-electron chi connectivity index (χ3n) is 7.71. The number of nitrogen functional groups attached to an aromatic ring is 1. The van der Waals surface area contributed by atoms with Gasteiger partial charge in [-0.05, 0) is 44.7 Å². The van der Waals surface area contributed by atoms with Crippen molar-refractivity contribution in [2.45, 2.75) is 50.6 Å². The zero-order valence-electron chi connectivity index (χ0n) is 21.0. The SMILES string of the molecule is CC(=O)c1c(C2C[C@H]3CC[C@@H](C2)N3C(=O)CO)nc2c(-c3cnc(-c4ccn(C)n4)c(F)c3)cnn2c1N. The van der Waals surface area contributed by atoms with Crippen LogP contribution < -0.4 is 5.73 Å². The van der Waals surface area contributed by atoms with Crippen LogP contribution in [0.2, 0.25) is 0 Å². The average Bonchev–Trinajstić information content (AvgIpc) is 3.58. The van der Waals surface area contributed by atoms with E-state index in [1.54, 1.807) is 35.1 Å². The Balaban J connectivity index is 1.43. The normalized spacial score (nSPS) is 20.8. The lowest BCUT2D eigenvalue weighted by atomic mass is 9.85. The molecule has 3 N–H and O–H groups in total. The Morgan fingerprint density at radius 3 is 2.55 bits per heavy atom. The highest BCUT2D eigenvalue weighted by atomic mass is 19.1. The molecule has 2 fully saturated rings. The molecule has 11 nitrogen and oxygen atoms in total. The highest BCUT2D eigenvalue weighted by Gasteiger charge is 2.44. The molecule has 6 rings (SSSR count). The predicted molar refractivity (Wildman–Crippen MR) is 136 cm³/mol. The van der Waals surface area contributed by atoms with Gasteiger partial charge in [0.05, 0.1) is 17.5 Å². The molecule has 12 heteroatoms. The number of fused-ring (bicyclic) bond motifs is 3. The number of amides is 1. The van der Waals surface area contributed by atoms with Crippen LogP contribution in [0.15, 0.2) is 30.7 Å². The highest BCUT2D eigenvalue weighted by Crippen LogP contribution is 2.44. The monoisotopic (exact) mass is 518 g/mol. The number of aromatic nitrogens is 6. The fraction of sp³-hybridized carbons (Fsp3) is 0.385. The third-order valence-corrected chi connectivity index (χ3v) is 7.71. The molecule has 2 aliphatic rings. The molecule has 196 valence electrons. The molecule has 3 atom stereocenters. The second-order valence-electron chi connectivity index (χ2n) is 10.0. The molecule has 0 saturated carbocycles. The van der Waals surface area contributed by atoms with Crippen molar-refractivity contribution in [1.82, 2.24) is 34.3 Å². The number of carbonyl (C=O) groups excluding carboxylic acids is 2. The topological polar surface area (TPSA) is 145 Å². The van der Waals surface area contributed by atoms with E-state index in [9.17, 15) is 14.7 Å². The van der Waals surface area contributed by atoms with Crippen molar-refractivity contribution in [3.63, 3.8) is 0 Å². The summed E-state index contributed by atoms with van der Waals surface area (Å²) in [5, 5.41) is 18.0. The molecule has 1 amide bonds. The molecule has 0 aromatic carbocycles. The lowest BCUT2D eigenvalue weighted by molar-refractivity contribution is -0.138. The molecule has 4 aromatic heterocycles. The second kappa shape index (κ2) is 8.98. The zero-order valence-corrected chi connectivity index (χ0v) is 21.0. The fourth-order valence-electron chi connectivity index (χ4n) is 6.10. The number of nitrogens with zero attached hydrogens (tertiary/aromatic N) is 7. The van der Waals surface area contributed by atoms with Gasteiger partial charge in [0.2, 0.25) is 5.91 Å². The molecule has 2 aliphatic heterocycles. The summed E-state index contributed by atoms with van der Waals surface area (Å²) in [6.45, 7) is 0.929. The van der Waals surface area contributed by atoms with E-state index >= 15 is 4.39 Å². The number of nitrogens with two attached hydrogens (primary N) is 1. The number of ketones is 1. The maximum absolute atomic E-state index is 15.1. The van der Waals surface area contributed by atoms with Crippen LogP contribution in [0, 0.1) is 5.82 Å². The Hall–Kier alpha value is -4.19. The summed E-state index contributed by atoms with van der Waals surface area (Å²) in [7, 11) is 1.75. The second-order valence-corrected chi connectivity index (χ2v) is 10.0. The highest BCUT2D eigenvalue weighted by molar-refractivity contribution is 6.00. The van der Waals surface area contributed by atoms with Gasteiger partial charge < -0.3 is 15.7 Å². The molecule has 38 heavy (non-hydrogen) atoms. The molecule has 4 aromatic rings. The van der Waals surface area contributed by atoms with Crippen molar-refractivity contribution in [2.24, 2.45) is 7.05 Å². The Morgan fingerprint density at radius 2 is 1.95 bits per heavy atom. The number of aryl methyl sites for hydroxylation is 1. The Labute approximate surface area is 217 Å². The van der Waals surface area contributed by atoms with Crippen molar-refractivity contribution in [3.8, 4) is 22.5 Å². The molecule has 2 bridgehead atoms. The van der Waals surface area contributed by atoms with Gasteiger partial charge in [0, 0.05) is 48.6 Å². The summed E-state index contributed by atoms with van der Waals surface area (Å²) < 4.78 is 18.1. The van der Waals surface area contributed by atoms with Crippen LogP contribution in [0.3, 0.4) is 0 Å².